The van der Waals surface area contributed by atoms with E-state index in [1.54, 1.807) is 12.4 Å². The number of aromatic nitrogens is 2. The summed E-state index contributed by atoms with van der Waals surface area (Å²) in [6.07, 6.45) is 5.23. The molecule has 0 aliphatic rings. The highest BCUT2D eigenvalue weighted by atomic mass is 14.9. The smallest absolute Gasteiger partial charge is 0.125 e. The topological polar surface area (TPSA) is 38.1 Å². The fraction of sp³-hybridized carbons (Fsp3) is 0.222. The summed E-state index contributed by atoms with van der Waals surface area (Å²) in [7, 11) is 0. The van der Waals surface area contributed by atoms with E-state index in [0.717, 1.165) is 17.1 Å². The fourth-order valence-electron chi connectivity index (χ4n) is 0.840. The van der Waals surface area contributed by atoms with Gasteiger partial charge in [0.05, 0.1) is 5.69 Å². The zero-order valence-corrected chi connectivity index (χ0v) is 7.28. The van der Waals surface area contributed by atoms with Gasteiger partial charge in [0.15, 0.2) is 0 Å². The quantitative estimate of drug-likeness (QED) is 0.620. The Kier molecular flexibility index (Phi) is 2.69. The Balaban J connectivity index is 3.04. The fourth-order valence-corrected chi connectivity index (χ4v) is 0.840. The summed E-state index contributed by atoms with van der Waals surface area (Å²) in [5.74, 6) is 0.768. The van der Waals surface area contributed by atoms with Crippen molar-refractivity contribution in [2.45, 2.75) is 13.8 Å². The Morgan fingerprint density at radius 1 is 1.50 bits per heavy atom. The van der Waals surface area contributed by atoms with E-state index in [-0.39, 0.29) is 0 Å². The van der Waals surface area contributed by atoms with Gasteiger partial charge in [-0.15, -0.1) is 0 Å². The summed E-state index contributed by atoms with van der Waals surface area (Å²) < 4.78 is 0. The third-order valence-corrected chi connectivity index (χ3v) is 1.47. The van der Waals surface area contributed by atoms with Gasteiger partial charge >= 0.3 is 0 Å². The van der Waals surface area contributed by atoms with Crippen LogP contribution in [0.25, 0.3) is 6.08 Å². The number of rotatable bonds is 2. The van der Waals surface area contributed by atoms with Crippen LogP contribution in [0.1, 0.15) is 17.1 Å². The molecular formula is C9H11N3. The molecule has 3 nitrogen and oxygen atoms in total. The third kappa shape index (κ3) is 1.99. The van der Waals surface area contributed by atoms with Crippen LogP contribution in [0, 0.1) is 13.8 Å². The van der Waals surface area contributed by atoms with Crippen LogP contribution >= 0.6 is 0 Å². The van der Waals surface area contributed by atoms with Gasteiger partial charge in [0, 0.05) is 12.4 Å². The predicted molar refractivity (Wildman–Crippen MR) is 50.1 cm³/mol. The van der Waals surface area contributed by atoms with Gasteiger partial charge in [0.2, 0.25) is 0 Å². The molecule has 0 saturated heterocycles. The molecule has 0 bridgehead atoms. The Hall–Kier alpha value is -1.51. The highest BCUT2D eigenvalue weighted by Gasteiger charge is 1.95. The highest BCUT2D eigenvalue weighted by Crippen LogP contribution is 2.05. The zero-order chi connectivity index (χ0) is 8.97. The first kappa shape index (κ1) is 8.59. The van der Waals surface area contributed by atoms with E-state index in [1.165, 1.54) is 0 Å². The van der Waals surface area contributed by atoms with Crippen LogP contribution in [0.4, 0.5) is 0 Å². The highest BCUT2D eigenvalue weighted by molar-refractivity contribution is 5.49. The molecule has 0 fully saturated rings. The maximum Gasteiger partial charge on any atom is 0.125 e. The maximum atomic E-state index is 4.22. The van der Waals surface area contributed by atoms with Crippen LogP contribution < -0.4 is 0 Å². The van der Waals surface area contributed by atoms with Crippen LogP contribution in [-0.2, 0) is 0 Å². The van der Waals surface area contributed by atoms with E-state index in [0.29, 0.717) is 0 Å². The van der Waals surface area contributed by atoms with Crippen LogP contribution in [0.3, 0.4) is 0 Å². The van der Waals surface area contributed by atoms with Crippen molar-refractivity contribution >= 4 is 12.8 Å². The minimum Gasteiger partial charge on any atom is -0.272 e. The van der Waals surface area contributed by atoms with Crippen molar-refractivity contribution in [1.82, 2.24) is 9.97 Å². The zero-order valence-electron chi connectivity index (χ0n) is 7.28. The van der Waals surface area contributed by atoms with E-state index in [9.17, 15) is 0 Å². The van der Waals surface area contributed by atoms with Crippen molar-refractivity contribution in [2.24, 2.45) is 4.99 Å². The predicted octanol–water partition coefficient (Wildman–Crippen LogP) is 1.76. The lowest BCUT2D eigenvalue weighted by Crippen LogP contribution is -1.92. The molecule has 1 aromatic heterocycles. The second kappa shape index (κ2) is 3.76. The van der Waals surface area contributed by atoms with E-state index >= 15 is 0 Å². The van der Waals surface area contributed by atoms with Crippen LogP contribution in [0.5, 0.6) is 0 Å². The Morgan fingerprint density at radius 2 is 2.25 bits per heavy atom. The van der Waals surface area contributed by atoms with Gasteiger partial charge in [0.25, 0.3) is 0 Å². The minimum absolute atomic E-state index is 0.768. The molecule has 0 aliphatic heterocycles. The van der Waals surface area contributed by atoms with Crippen LogP contribution in [0.15, 0.2) is 17.4 Å². The molecule has 0 radical (unpaired) electrons. The molecule has 62 valence electrons. The Morgan fingerprint density at radius 3 is 2.92 bits per heavy atom. The standard InChI is InChI=1S/C9H11N3/c1-7-6-11-8(2)12-9(7)4-5-10-3/h4-6H,3H2,1-2H3/b5-4-. The molecule has 0 aliphatic carbocycles. The van der Waals surface area contributed by atoms with Crippen molar-refractivity contribution in [3.63, 3.8) is 0 Å². The molecule has 1 rings (SSSR count). The molecule has 0 N–H and O–H groups in total. The average molecular weight is 161 g/mol. The first-order valence-electron chi connectivity index (χ1n) is 3.66. The molecule has 0 atom stereocenters. The molecule has 0 unspecified atom stereocenters. The SMILES string of the molecule is C=N/C=C\c1nc(C)ncc1C. The van der Waals surface area contributed by atoms with Gasteiger partial charge in [-0.2, -0.15) is 0 Å². The number of hydrogen-bond donors (Lipinski definition) is 0. The number of hydrogen-bond acceptors (Lipinski definition) is 3. The number of aryl methyl sites for hydroxylation is 2. The maximum absolute atomic E-state index is 4.22. The van der Waals surface area contributed by atoms with E-state index < -0.39 is 0 Å². The Labute approximate surface area is 71.9 Å². The molecule has 1 heterocycles. The van der Waals surface area contributed by atoms with Gasteiger partial charge in [-0.25, -0.2) is 9.97 Å². The third-order valence-electron chi connectivity index (χ3n) is 1.47. The molecule has 0 aromatic carbocycles. The second-order valence-corrected chi connectivity index (χ2v) is 2.48. The number of nitrogens with zero attached hydrogens (tertiary/aromatic N) is 3. The summed E-state index contributed by atoms with van der Waals surface area (Å²) in [5.41, 5.74) is 1.94. The van der Waals surface area contributed by atoms with Gasteiger partial charge in [0.1, 0.15) is 5.82 Å². The lowest BCUT2D eigenvalue weighted by molar-refractivity contribution is 1.02. The number of aliphatic imine (C=N–C) groups is 1. The second-order valence-electron chi connectivity index (χ2n) is 2.48. The molecule has 0 saturated carbocycles. The molecule has 12 heavy (non-hydrogen) atoms. The van der Waals surface area contributed by atoms with Crippen LogP contribution in [-0.4, -0.2) is 16.7 Å². The first-order valence-corrected chi connectivity index (χ1v) is 3.66. The van der Waals surface area contributed by atoms with Crippen LogP contribution in [0.2, 0.25) is 0 Å². The summed E-state index contributed by atoms with van der Waals surface area (Å²) in [4.78, 5) is 11.9. The summed E-state index contributed by atoms with van der Waals surface area (Å²) in [6, 6.07) is 0. The van der Waals surface area contributed by atoms with Gasteiger partial charge in [-0.05, 0) is 32.2 Å². The van der Waals surface area contributed by atoms with Crippen molar-refractivity contribution in [3.8, 4) is 0 Å². The van der Waals surface area contributed by atoms with Crippen molar-refractivity contribution in [3.05, 3.63) is 29.5 Å². The molecule has 0 amide bonds. The monoisotopic (exact) mass is 161 g/mol. The first-order chi connectivity index (χ1) is 5.74. The van der Waals surface area contributed by atoms with E-state index in [1.807, 2.05) is 19.9 Å². The molecular weight excluding hydrogens is 150 g/mol. The van der Waals surface area contributed by atoms with Crippen molar-refractivity contribution in [1.29, 1.82) is 0 Å². The summed E-state index contributed by atoms with van der Waals surface area (Å²) >= 11 is 0. The van der Waals surface area contributed by atoms with Gasteiger partial charge < -0.3 is 0 Å². The van der Waals surface area contributed by atoms with E-state index in [4.69, 9.17) is 0 Å². The summed E-state index contributed by atoms with van der Waals surface area (Å²) in [5, 5.41) is 0. The normalized spacial score (nSPS) is 10.5. The van der Waals surface area contributed by atoms with Gasteiger partial charge in [-0.3, -0.25) is 4.99 Å². The Bertz CT molecular complexity index is 316. The van der Waals surface area contributed by atoms with E-state index in [2.05, 4.69) is 21.7 Å². The molecule has 0 spiro atoms. The lowest BCUT2D eigenvalue weighted by atomic mass is 10.2. The van der Waals surface area contributed by atoms with Crippen molar-refractivity contribution < 1.29 is 0 Å². The lowest BCUT2D eigenvalue weighted by Gasteiger charge is -1.98. The largest absolute Gasteiger partial charge is 0.272 e. The van der Waals surface area contributed by atoms with Gasteiger partial charge in [-0.1, -0.05) is 0 Å². The summed E-state index contributed by atoms with van der Waals surface area (Å²) in [6.45, 7) is 7.17. The minimum atomic E-state index is 0.768. The van der Waals surface area contributed by atoms with Crippen molar-refractivity contribution in [2.75, 3.05) is 0 Å². The average Bonchev–Trinajstić information content (AvgIpc) is 2.07. The molecule has 1 aromatic rings. The molecule has 3 heteroatoms.